The molecule has 0 bridgehead atoms. The lowest BCUT2D eigenvalue weighted by Crippen LogP contribution is -2.17. The molecule has 0 radical (unpaired) electrons. The van der Waals surface area contributed by atoms with E-state index < -0.39 is 21.7 Å². The highest BCUT2D eigenvalue weighted by atomic mass is 35.5. The van der Waals surface area contributed by atoms with E-state index in [1.165, 1.54) is 32.4 Å². The summed E-state index contributed by atoms with van der Waals surface area (Å²) in [5.74, 6) is -1.19. The number of H-pyrrole nitrogens is 1. The summed E-state index contributed by atoms with van der Waals surface area (Å²) in [6, 6.07) is 4.88. The van der Waals surface area contributed by atoms with Gasteiger partial charge in [-0.2, -0.15) is 0 Å². The number of aromatic nitrogens is 1. The number of aromatic amines is 1. The Hall–Kier alpha value is -3.18. The minimum atomic E-state index is -4.30. The summed E-state index contributed by atoms with van der Waals surface area (Å²) in [7, 11) is -0.431. The highest BCUT2D eigenvalue weighted by Crippen LogP contribution is 2.35. The first kappa shape index (κ1) is 20.6. The van der Waals surface area contributed by atoms with Crippen LogP contribution in [-0.2, 0) is 14.8 Å². The fourth-order valence-electron chi connectivity index (χ4n) is 2.60. The molecule has 1 aromatic heterocycles. The molecule has 0 fully saturated rings. The number of oxazole rings is 1. The SMILES string of the molecule is COC(=O)c1cc(OC)c(OC)cc1NS(=O)(=O)c1cc2oc(=O)[nH]c2cc1Cl. The number of benzene rings is 2. The van der Waals surface area contributed by atoms with E-state index >= 15 is 0 Å². The molecule has 0 amide bonds. The summed E-state index contributed by atoms with van der Waals surface area (Å²) in [4.78, 5) is 25.5. The molecular formula is C17H15ClN2O8S. The summed E-state index contributed by atoms with van der Waals surface area (Å²) >= 11 is 6.08. The Morgan fingerprint density at radius 1 is 1.10 bits per heavy atom. The molecule has 3 aromatic rings. The Bertz CT molecular complexity index is 1260. The van der Waals surface area contributed by atoms with Crippen LogP contribution in [0.25, 0.3) is 11.1 Å². The fourth-order valence-corrected chi connectivity index (χ4v) is 4.21. The number of halogens is 1. The lowest BCUT2D eigenvalue weighted by atomic mass is 10.1. The molecule has 0 saturated heterocycles. The van der Waals surface area contributed by atoms with Crippen molar-refractivity contribution < 1.29 is 31.8 Å². The third-order valence-electron chi connectivity index (χ3n) is 3.94. The van der Waals surface area contributed by atoms with E-state index in [0.717, 1.165) is 13.2 Å². The first-order valence-electron chi connectivity index (χ1n) is 7.89. The number of esters is 1. The maximum Gasteiger partial charge on any atom is 0.417 e. The molecule has 2 aromatic carbocycles. The van der Waals surface area contributed by atoms with Crippen LogP contribution in [0, 0.1) is 0 Å². The summed E-state index contributed by atoms with van der Waals surface area (Å²) in [5.41, 5.74) is 0.000816. The van der Waals surface area contributed by atoms with Crippen LogP contribution >= 0.6 is 11.6 Å². The Kier molecular flexibility index (Phi) is 5.44. The van der Waals surface area contributed by atoms with Crippen molar-refractivity contribution in [2.24, 2.45) is 0 Å². The van der Waals surface area contributed by atoms with Crippen LogP contribution in [0.2, 0.25) is 5.02 Å². The summed E-state index contributed by atoms with van der Waals surface area (Å²) in [6.07, 6.45) is 0. The number of hydrogen-bond acceptors (Lipinski definition) is 8. The fraction of sp³-hybridized carbons (Fsp3) is 0.176. The predicted molar refractivity (Wildman–Crippen MR) is 104 cm³/mol. The van der Waals surface area contributed by atoms with Gasteiger partial charge in [0.15, 0.2) is 17.1 Å². The van der Waals surface area contributed by atoms with Gasteiger partial charge >= 0.3 is 11.7 Å². The number of fused-ring (bicyclic) bond motifs is 1. The van der Waals surface area contributed by atoms with Crippen LogP contribution < -0.4 is 20.0 Å². The van der Waals surface area contributed by atoms with Crippen molar-refractivity contribution >= 4 is 44.4 Å². The van der Waals surface area contributed by atoms with E-state index in [2.05, 4.69) is 9.71 Å². The van der Waals surface area contributed by atoms with Gasteiger partial charge in [-0.25, -0.2) is 18.0 Å². The van der Waals surface area contributed by atoms with Crippen LogP contribution in [0.15, 0.2) is 38.4 Å². The zero-order valence-electron chi connectivity index (χ0n) is 15.4. The van der Waals surface area contributed by atoms with Crippen molar-refractivity contribution in [3.63, 3.8) is 0 Å². The molecule has 0 aliphatic heterocycles. The van der Waals surface area contributed by atoms with Gasteiger partial charge in [0.1, 0.15) is 4.90 Å². The van der Waals surface area contributed by atoms with Crippen molar-refractivity contribution in [2.45, 2.75) is 4.90 Å². The third-order valence-corrected chi connectivity index (χ3v) is 5.77. The van der Waals surface area contributed by atoms with Gasteiger partial charge in [-0.05, 0) is 6.07 Å². The highest BCUT2D eigenvalue weighted by molar-refractivity contribution is 7.92. The van der Waals surface area contributed by atoms with Gasteiger partial charge in [-0.1, -0.05) is 11.6 Å². The van der Waals surface area contributed by atoms with Gasteiger partial charge in [0, 0.05) is 18.2 Å². The van der Waals surface area contributed by atoms with Crippen LogP contribution in [0.1, 0.15) is 10.4 Å². The van der Waals surface area contributed by atoms with Crippen molar-refractivity contribution in [3.05, 3.63) is 45.4 Å². The molecule has 0 atom stereocenters. The van der Waals surface area contributed by atoms with E-state index in [4.69, 9.17) is 30.2 Å². The molecule has 154 valence electrons. The van der Waals surface area contributed by atoms with Gasteiger partial charge in [0.05, 0.1) is 43.1 Å². The van der Waals surface area contributed by atoms with Gasteiger partial charge in [0.2, 0.25) is 0 Å². The lowest BCUT2D eigenvalue weighted by Gasteiger charge is -2.16. The highest BCUT2D eigenvalue weighted by Gasteiger charge is 2.25. The Morgan fingerprint density at radius 2 is 1.76 bits per heavy atom. The number of rotatable bonds is 6. The minimum absolute atomic E-state index is 0.000257. The quantitative estimate of drug-likeness (QED) is 0.555. The number of hydrogen-bond donors (Lipinski definition) is 2. The summed E-state index contributed by atoms with van der Waals surface area (Å²) in [5, 5.41) is -0.165. The number of carbonyl (C=O) groups excluding carboxylic acids is 1. The second-order valence-corrected chi connectivity index (χ2v) is 7.70. The van der Waals surface area contributed by atoms with Gasteiger partial charge in [-0.15, -0.1) is 0 Å². The predicted octanol–water partition coefficient (Wildman–Crippen LogP) is 2.38. The molecule has 0 spiro atoms. The second-order valence-electron chi connectivity index (χ2n) is 5.64. The molecule has 2 N–H and O–H groups in total. The second kappa shape index (κ2) is 7.68. The Morgan fingerprint density at radius 3 is 2.38 bits per heavy atom. The average molecular weight is 443 g/mol. The molecule has 0 aliphatic rings. The molecule has 3 rings (SSSR count). The Balaban J connectivity index is 2.14. The van der Waals surface area contributed by atoms with Crippen LogP contribution in [-0.4, -0.2) is 40.7 Å². The maximum absolute atomic E-state index is 12.9. The van der Waals surface area contributed by atoms with Crippen LogP contribution in [0.4, 0.5) is 5.69 Å². The van der Waals surface area contributed by atoms with E-state index in [1.807, 2.05) is 0 Å². The first-order chi connectivity index (χ1) is 13.7. The molecule has 10 nitrogen and oxygen atoms in total. The summed E-state index contributed by atoms with van der Waals surface area (Å²) < 4.78 is 48.0. The zero-order chi connectivity index (χ0) is 21.3. The number of anilines is 1. The zero-order valence-corrected chi connectivity index (χ0v) is 16.9. The minimum Gasteiger partial charge on any atom is -0.493 e. The van der Waals surface area contributed by atoms with E-state index in [0.29, 0.717) is 0 Å². The largest absolute Gasteiger partial charge is 0.493 e. The number of methoxy groups -OCH3 is 3. The smallest absolute Gasteiger partial charge is 0.417 e. The van der Waals surface area contributed by atoms with Gasteiger partial charge in [-0.3, -0.25) is 9.71 Å². The number of nitrogens with one attached hydrogen (secondary N) is 2. The van der Waals surface area contributed by atoms with E-state index in [1.54, 1.807) is 0 Å². The topological polar surface area (TPSA) is 137 Å². The Labute approximate surface area is 169 Å². The molecule has 29 heavy (non-hydrogen) atoms. The number of sulfonamides is 1. The first-order valence-corrected chi connectivity index (χ1v) is 9.75. The average Bonchev–Trinajstić information content (AvgIpc) is 3.04. The van der Waals surface area contributed by atoms with Gasteiger partial charge < -0.3 is 18.6 Å². The molecule has 12 heteroatoms. The van der Waals surface area contributed by atoms with Gasteiger partial charge in [0.25, 0.3) is 10.0 Å². The van der Waals surface area contributed by atoms with Crippen molar-refractivity contribution in [3.8, 4) is 11.5 Å². The molecular weight excluding hydrogens is 428 g/mol. The van der Waals surface area contributed by atoms with E-state index in [-0.39, 0.29) is 43.8 Å². The standard InChI is InChI=1S/C17H15ClN2O8S/c1-25-13-4-8(16(21)27-3)10(6-14(13)26-2)20-29(23,24)15-7-12-11(5-9(15)18)19-17(22)28-12/h4-7,20H,1-3H3,(H,19,22). The molecule has 1 heterocycles. The van der Waals surface area contributed by atoms with Crippen LogP contribution in [0.5, 0.6) is 11.5 Å². The molecule has 0 saturated carbocycles. The maximum atomic E-state index is 12.9. The third kappa shape index (κ3) is 3.87. The lowest BCUT2D eigenvalue weighted by molar-refractivity contribution is 0.0601. The number of carbonyl (C=O) groups is 1. The monoisotopic (exact) mass is 442 g/mol. The van der Waals surface area contributed by atoms with Crippen LogP contribution in [0.3, 0.4) is 0 Å². The molecule has 0 aliphatic carbocycles. The van der Waals surface area contributed by atoms with Crippen molar-refractivity contribution in [1.82, 2.24) is 4.98 Å². The number of ether oxygens (including phenoxy) is 3. The van der Waals surface area contributed by atoms with E-state index in [9.17, 15) is 18.0 Å². The van der Waals surface area contributed by atoms with Crippen molar-refractivity contribution in [2.75, 3.05) is 26.1 Å². The van der Waals surface area contributed by atoms with Crippen molar-refractivity contribution in [1.29, 1.82) is 0 Å². The molecule has 0 unspecified atom stereocenters. The summed E-state index contributed by atoms with van der Waals surface area (Å²) in [6.45, 7) is 0. The normalized spacial score (nSPS) is 11.3.